The van der Waals surface area contributed by atoms with Crippen LogP contribution in [0.2, 0.25) is 5.02 Å². The van der Waals surface area contributed by atoms with Crippen molar-refractivity contribution in [2.75, 3.05) is 26.2 Å². The van der Waals surface area contributed by atoms with Gasteiger partial charge in [-0.15, -0.1) is 0 Å². The quantitative estimate of drug-likeness (QED) is 0.366. The van der Waals surface area contributed by atoms with Gasteiger partial charge in [-0.3, -0.25) is 14.9 Å². The zero-order chi connectivity index (χ0) is 32.6. The van der Waals surface area contributed by atoms with Gasteiger partial charge in [0, 0.05) is 26.5 Å². The number of carbonyl (C=O) groups is 3. The Balaban J connectivity index is 1.80. The Morgan fingerprint density at radius 1 is 1.25 bits per heavy atom. The first kappa shape index (κ1) is 33.8. The summed E-state index contributed by atoms with van der Waals surface area (Å²) in [7, 11) is 4.56. The fourth-order valence-corrected chi connectivity index (χ4v) is 6.19. The number of epoxide rings is 1. The van der Waals surface area contributed by atoms with Crippen molar-refractivity contribution in [1.29, 1.82) is 0 Å². The van der Waals surface area contributed by atoms with Crippen molar-refractivity contribution in [2.45, 2.75) is 89.6 Å². The molecule has 3 aliphatic rings. The standard InChI is InChI=1S/C32H43ClN2O9/c1-17(2)29(37)43-25-15-26(36)35(6)21-13-20(14-22(40-7)27(21)33)12-18(3)10-9-11-24(41-8)32(39)16-23(42-30(38)34-32)19(4)28-31(25,5)44-28/h9-11,13-14,17,19,23-25,28,39H,12,15-16H2,1-8H3,(H,34,38)/b11-9+,18-10+/t19-,23?,24-,25+,28+,31+,32?/m1/s1. The van der Waals surface area contributed by atoms with E-state index >= 15 is 0 Å². The second kappa shape index (κ2) is 13.1. The second-order valence-corrected chi connectivity index (χ2v) is 12.8. The van der Waals surface area contributed by atoms with Crippen molar-refractivity contribution in [3.63, 3.8) is 0 Å². The monoisotopic (exact) mass is 634 g/mol. The molecule has 1 aromatic carbocycles. The number of methoxy groups -OCH3 is 2. The summed E-state index contributed by atoms with van der Waals surface area (Å²) in [5, 5.41) is 14.4. The van der Waals surface area contributed by atoms with Crippen molar-refractivity contribution in [1.82, 2.24) is 5.32 Å². The maximum Gasteiger partial charge on any atom is 0.409 e. The Labute approximate surface area is 263 Å². The average Bonchev–Trinajstić information content (AvgIpc) is 3.66. The molecule has 3 aliphatic heterocycles. The molecule has 3 heterocycles. The first-order valence-corrected chi connectivity index (χ1v) is 15.1. The molecule has 2 saturated heterocycles. The molecule has 7 atom stereocenters. The minimum Gasteiger partial charge on any atom is -0.495 e. The number of nitrogens with one attached hydrogen (secondary N) is 1. The highest BCUT2D eigenvalue weighted by atomic mass is 35.5. The van der Waals surface area contributed by atoms with Gasteiger partial charge in [-0.25, -0.2) is 4.79 Å². The predicted octanol–water partition coefficient (Wildman–Crippen LogP) is 4.32. The van der Waals surface area contributed by atoms with Crippen LogP contribution in [0.15, 0.2) is 35.9 Å². The fraction of sp³-hybridized carbons (Fsp3) is 0.594. The fourth-order valence-electron chi connectivity index (χ4n) is 5.88. The smallest absolute Gasteiger partial charge is 0.409 e. The van der Waals surface area contributed by atoms with E-state index in [9.17, 15) is 19.5 Å². The number of hydrogen-bond acceptors (Lipinski definition) is 9. The third kappa shape index (κ3) is 6.91. The molecule has 4 rings (SSSR count). The van der Waals surface area contributed by atoms with E-state index in [-0.39, 0.29) is 23.8 Å². The molecule has 2 N–H and O–H groups in total. The summed E-state index contributed by atoms with van der Waals surface area (Å²) in [6, 6.07) is 3.63. The number of fused-ring (bicyclic) bond motifs is 5. The summed E-state index contributed by atoms with van der Waals surface area (Å²) in [6.07, 6.45) is 1.65. The van der Waals surface area contributed by atoms with Gasteiger partial charge in [0.1, 0.15) is 34.7 Å². The number of allylic oxidation sites excluding steroid dienone is 3. The third-order valence-corrected chi connectivity index (χ3v) is 9.06. The number of alkyl carbamates (subject to hydrolysis) is 1. The van der Waals surface area contributed by atoms with E-state index in [1.54, 1.807) is 40.0 Å². The second-order valence-electron chi connectivity index (χ2n) is 12.4. The number of amides is 2. The van der Waals surface area contributed by atoms with Crippen LogP contribution < -0.4 is 15.0 Å². The minimum atomic E-state index is -1.77. The molecule has 0 saturated carbocycles. The molecule has 11 nitrogen and oxygen atoms in total. The Bertz CT molecular complexity index is 1350. The summed E-state index contributed by atoms with van der Waals surface area (Å²) in [5.74, 6) is -1.30. The predicted molar refractivity (Wildman–Crippen MR) is 164 cm³/mol. The molecule has 2 fully saturated rings. The van der Waals surface area contributed by atoms with Gasteiger partial charge in [-0.1, -0.05) is 56.2 Å². The summed E-state index contributed by atoms with van der Waals surface area (Å²) in [5.41, 5.74) is -0.587. The Morgan fingerprint density at radius 3 is 2.59 bits per heavy atom. The zero-order valence-corrected chi connectivity index (χ0v) is 27.3. The maximum atomic E-state index is 13.8. The van der Waals surface area contributed by atoms with E-state index in [2.05, 4.69) is 5.32 Å². The van der Waals surface area contributed by atoms with Crippen molar-refractivity contribution >= 4 is 35.3 Å². The van der Waals surface area contributed by atoms with Gasteiger partial charge < -0.3 is 33.7 Å². The third-order valence-electron chi connectivity index (χ3n) is 8.68. The lowest BCUT2D eigenvalue weighted by molar-refractivity contribution is -0.157. The molecule has 1 aromatic rings. The van der Waals surface area contributed by atoms with E-state index in [4.69, 9.17) is 35.3 Å². The summed E-state index contributed by atoms with van der Waals surface area (Å²) >= 11 is 6.68. The number of hydrogen-bond donors (Lipinski definition) is 2. The summed E-state index contributed by atoms with van der Waals surface area (Å²) in [6.45, 7) is 8.95. The van der Waals surface area contributed by atoms with Crippen LogP contribution in [0, 0.1) is 11.8 Å². The lowest BCUT2D eigenvalue weighted by atomic mass is 9.83. The van der Waals surface area contributed by atoms with E-state index in [0.717, 1.165) is 11.1 Å². The van der Waals surface area contributed by atoms with E-state index in [0.29, 0.717) is 17.9 Å². The number of rotatable bonds is 4. The van der Waals surface area contributed by atoms with Crippen LogP contribution in [0.3, 0.4) is 0 Å². The number of nitrogens with zero attached hydrogens (tertiary/aromatic N) is 1. The summed E-state index contributed by atoms with van der Waals surface area (Å²) < 4.78 is 28.8. The molecule has 242 valence electrons. The SMILES string of the molecule is COc1cc2cc(c1Cl)N(C)C(=O)C[C@H](OC(=O)C(C)C)[C@]1(C)O[C@H]1[C@H](C)C1CC(O)(NC(=O)O1)[C@H](OC)/C=C/C=C(\C)C2. The molecule has 4 bridgehead atoms. The van der Waals surface area contributed by atoms with Crippen LogP contribution in [0.1, 0.15) is 53.0 Å². The molecule has 2 unspecified atom stereocenters. The first-order valence-electron chi connectivity index (χ1n) is 14.7. The van der Waals surface area contributed by atoms with Crippen LogP contribution >= 0.6 is 11.6 Å². The van der Waals surface area contributed by atoms with Gasteiger partial charge in [0.15, 0.2) is 5.72 Å². The van der Waals surface area contributed by atoms with Crippen LogP contribution in [0.25, 0.3) is 0 Å². The number of halogens is 1. The largest absolute Gasteiger partial charge is 0.495 e. The average molecular weight is 635 g/mol. The molecule has 0 spiro atoms. The van der Waals surface area contributed by atoms with Gasteiger partial charge in [0.05, 0.1) is 31.2 Å². The van der Waals surface area contributed by atoms with Gasteiger partial charge in [0.25, 0.3) is 0 Å². The number of esters is 1. The highest BCUT2D eigenvalue weighted by molar-refractivity contribution is 6.35. The number of anilines is 1. The topological polar surface area (TPSA) is 136 Å². The normalized spacial score (nSPS) is 34.7. The number of ether oxygens (including phenoxy) is 5. The number of aliphatic hydroxyl groups is 1. The molecule has 0 aliphatic carbocycles. The molecule has 0 aromatic heterocycles. The molecular weight excluding hydrogens is 592 g/mol. The number of carbonyl (C=O) groups excluding carboxylic acids is 3. The molecule has 44 heavy (non-hydrogen) atoms. The number of benzene rings is 1. The highest BCUT2D eigenvalue weighted by Gasteiger charge is 2.64. The Kier molecular flexibility index (Phi) is 10.0. The van der Waals surface area contributed by atoms with E-state index in [1.165, 1.54) is 19.1 Å². The van der Waals surface area contributed by atoms with Crippen LogP contribution in [0.4, 0.5) is 10.5 Å². The van der Waals surface area contributed by atoms with Crippen molar-refractivity contribution in [3.8, 4) is 5.75 Å². The molecule has 2 amide bonds. The van der Waals surface area contributed by atoms with Crippen LogP contribution in [0.5, 0.6) is 5.75 Å². The van der Waals surface area contributed by atoms with Crippen molar-refractivity contribution in [2.24, 2.45) is 11.8 Å². The molecule has 0 radical (unpaired) electrons. The van der Waals surface area contributed by atoms with Gasteiger partial charge in [-0.05, 0) is 38.0 Å². The van der Waals surface area contributed by atoms with Crippen LogP contribution in [-0.4, -0.2) is 80.1 Å². The lowest BCUT2D eigenvalue weighted by Crippen LogP contribution is -2.63. The Hall–Kier alpha value is -3.12. The molecular formula is C32H43ClN2O9. The van der Waals surface area contributed by atoms with E-state index in [1.807, 2.05) is 32.1 Å². The van der Waals surface area contributed by atoms with Gasteiger partial charge >= 0.3 is 12.1 Å². The molecule has 12 heteroatoms. The van der Waals surface area contributed by atoms with E-state index < -0.39 is 59.6 Å². The first-order chi connectivity index (χ1) is 20.6. The van der Waals surface area contributed by atoms with Gasteiger partial charge in [0.2, 0.25) is 5.91 Å². The zero-order valence-electron chi connectivity index (χ0n) is 26.5. The highest BCUT2D eigenvalue weighted by Crippen LogP contribution is 2.49. The van der Waals surface area contributed by atoms with Gasteiger partial charge in [-0.2, -0.15) is 0 Å². The van der Waals surface area contributed by atoms with Crippen molar-refractivity contribution < 1.29 is 43.2 Å². The maximum absolute atomic E-state index is 13.8. The minimum absolute atomic E-state index is 0.00361. The van der Waals surface area contributed by atoms with Crippen molar-refractivity contribution in [3.05, 3.63) is 46.5 Å². The Morgan fingerprint density at radius 2 is 1.95 bits per heavy atom. The van der Waals surface area contributed by atoms with Crippen LogP contribution in [-0.2, 0) is 35.0 Å². The lowest BCUT2D eigenvalue weighted by Gasteiger charge is -2.42. The summed E-state index contributed by atoms with van der Waals surface area (Å²) in [4.78, 5) is 40.7.